The summed E-state index contributed by atoms with van der Waals surface area (Å²) in [4.78, 5) is 16.3. The molecule has 0 saturated carbocycles. The number of carbonyl (C=O) groups excluding carboxylic acids is 1. The van der Waals surface area contributed by atoms with E-state index in [1.165, 1.54) is 0 Å². The third kappa shape index (κ3) is 5.00. The number of carbonyl (C=O) groups is 1. The van der Waals surface area contributed by atoms with Crippen LogP contribution in [0.15, 0.2) is 40.8 Å². The molecule has 1 fully saturated rings. The molecule has 7 heteroatoms. The van der Waals surface area contributed by atoms with Crippen molar-refractivity contribution in [1.29, 1.82) is 0 Å². The van der Waals surface area contributed by atoms with Crippen LogP contribution in [0, 0.1) is 0 Å². The fourth-order valence-electron chi connectivity index (χ4n) is 2.86. The van der Waals surface area contributed by atoms with Crippen molar-refractivity contribution in [2.75, 3.05) is 32.1 Å². The van der Waals surface area contributed by atoms with Gasteiger partial charge in [0.2, 0.25) is 5.91 Å². The molecule has 1 aromatic heterocycles. The second kappa shape index (κ2) is 9.22. The van der Waals surface area contributed by atoms with Gasteiger partial charge in [0.25, 0.3) is 0 Å². The van der Waals surface area contributed by atoms with Gasteiger partial charge in [0.15, 0.2) is 0 Å². The molecular weight excluding hydrogens is 388 g/mol. The largest absolute Gasteiger partial charge is 0.464 e. The maximum Gasteiger partial charge on any atom is 0.233 e. The number of hydrogen-bond acceptors (Lipinski definition) is 5. The Balaban J connectivity index is 1.51. The lowest BCUT2D eigenvalue weighted by atomic mass is 10.2. The number of amides is 1. The average molecular weight is 411 g/mol. The van der Waals surface area contributed by atoms with E-state index >= 15 is 0 Å². The fourth-order valence-corrected chi connectivity index (χ4v) is 5.25. The number of hydrogen-bond donors (Lipinski definition) is 0. The van der Waals surface area contributed by atoms with Gasteiger partial charge in [0.1, 0.15) is 16.9 Å². The SMILES string of the molecule is CN(C)Cc1ccc(CSCCN2C(=O)CSC2c2ccccc2Cl)o1. The summed E-state index contributed by atoms with van der Waals surface area (Å²) in [7, 11) is 4.05. The molecule has 1 aliphatic rings. The predicted molar refractivity (Wildman–Crippen MR) is 111 cm³/mol. The van der Waals surface area contributed by atoms with Crippen LogP contribution in [0.25, 0.3) is 0 Å². The molecule has 4 nitrogen and oxygen atoms in total. The van der Waals surface area contributed by atoms with Gasteiger partial charge in [-0.25, -0.2) is 0 Å². The highest BCUT2D eigenvalue weighted by Gasteiger charge is 2.33. The lowest BCUT2D eigenvalue weighted by Gasteiger charge is -2.24. The molecule has 0 N–H and O–H groups in total. The van der Waals surface area contributed by atoms with E-state index in [4.69, 9.17) is 16.0 Å². The molecule has 1 amide bonds. The molecule has 3 rings (SSSR count). The Morgan fingerprint density at radius 1 is 1.27 bits per heavy atom. The molecule has 1 saturated heterocycles. The van der Waals surface area contributed by atoms with E-state index in [0.717, 1.165) is 46.7 Å². The minimum atomic E-state index is 0.0205. The predicted octanol–water partition coefficient (Wildman–Crippen LogP) is 4.50. The summed E-state index contributed by atoms with van der Waals surface area (Å²) in [5, 5.41) is 0.744. The van der Waals surface area contributed by atoms with E-state index in [0.29, 0.717) is 5.75 Å². The standard InChI is InChI=1S/C19H23ClN2O2S2/c1-21(2)11-14-7-8-15(24-14)12-25-10-9-22-18(23)13-26-19(22)16-5-3-4-6-17(16)20/h3-8,19H,9-13H2,1-2H3. The van der Waals surface area contributed by atoms with Gasteiger partial charge in [-0.1, -0.05) is 29.8 Å². The van der Waals surface area contributed by atoms with E-state index < -0.39 is 0 Å². The molecular formula is C19H23ClN2O2S2. The third-order valence-corrected chi connectivity index (χ3v) is 6.59. The van der Waals surface area contributed by atoms with E-state index in [9.17, 15) is 4.79 Å². The minimum Gasteiger partial charge on any atom is -0.464 e. The van der Waals surface area contributed by atoms with E-state index in [1.807, 2.05) is 55.4 Å². The zero-order valence-corrected chi connectivity index (χ0v) is 17.4. The molecule has 1 unspecified atom stereocenters. The summed E-state index contributed by atoms with van der Waals surface area (Å²) in [6.45, 7) is 1.53. The van der Waals surface area contributed by atoms with E-state index in [2.05, 4.69) is 4.90 Å². The molecule has 1 aliphatic heterocycles. The Hall–Kier alpha value is -1.08. The normalized spacial score (nSPS) is 17.5. The van der Waals surface area contributed by atoms with Gasteiger partial charge in [-0.3, -0.25) is 4.79 Å². The van der Waals surface area contributed by atoms with Crippen molar-refractivity contribution in [2.45, 2.75) is 17.7 Å². The van der Waals surface area contributed by atoms with Gasteiger partial charge in [0, 0.05) is 22.9 Å². The first-order valence-electron chi connectivity index (χ1n) is 8.50. The lowest BCUT2D eigenvalue weighted by Crippen LogP contribution is -2.30. The molecule has 140 valence electrons. The Kier molecular flexibility index (Phi) is 6.98. The Labute approximate surface area is 168 Å². The summed E-state index contributed by atoms with van der Waals surface area (Å²) >= 11 is 9.76. The minimum absolute atomic E-state index is 0.0205. The summed E-state index contributed by atoms with van der Waals surface area (Å²) < 4.78 is 5.83. The number of halogens is 1. The third-order valence-electron chi connectivity index (χ3n) is 4.05. The zero-order chi connectivity index (χ0) is 18.5. The van der Waals surface area contributed by atoms with Crippen LogP contribution in [0.2, 0.25) is 5.02 Å². The number of furan rings is 1. The number of benzene rings is 1. The van der Waals surface area contributed by atoms with Gasteiger partial charge in [-0.2, -0.15) is 11.8 Å². The molecule has 1 atom stereocenters. The monoisotopic (exact) mass is 410 g/mol. The topological polar surface area (TPSA) is 36.7 Å². The van der Waals surface area contributed by atoms with Crippen molar-refractivity contribution in [2.24, 2.45) is 0 Å². The maximum atomic E-state index is 12.3. The van der Waals surface area contributed by atoms with Crippen molar-refractivity contribution >= 4 is 41.0 Å². The van der Waals surface area contributed by atoms with E-state index in [1.54, 1.807) is 23.5 Å². The van der Waals surface area contributed by atoms with Gasteiger partial charge in [0.05, 0.1) is 18.1 Å². The number of rotatable bonds is 8. The molecule has 2 aromatic rings. The summed E-state index contributed by atoms with van der Waals surface area (Å²) in [5.74, 6) is 4.36. The van der Waals surface area contributed by atoms with Crippen LogP contribution < -0.4 is 0 Å². The van der Waals surface area contributed by atoms with Crippen molar-refractivity contribution in [3.63, 3.8) is 0 Å². The van der Waals surface area contributed by atoms with Crippen LogP contribution in [0.1, 0.15) is 22.5 Å². The van der Waals surface area contributed by atoms with Crippen molar-refractivity contribution < 1.29 is 9.21 Å². The Morgan fingerprint density at radius 3 is 2.81 bits per heavy atom. The maximum absolute atomic E-state index is 12.3. The second-order valence-corrected chi connectivity index (χ2v) is 9.01. The van der Waals surface area contributed by atoms with Crippen LogP contribution in [-0.4, -0.2) is 47.9 Å². The number of thioether (sulfide) groups is 2. The summed E-state index contributed by atoms with van der Waals surface area (Å²) in [5.41, 5.74) is 1.02. The van der Waals surface area contributed by atoms with Gasteiger partial charge >= 0.3 is 0 Å². The van der Waals surface area contributed by atoms with Crippen molar-refractivity contribution in [1.82, 2.24) is 9.80 Å². The first kappa shape index (κ1) is 19.7. The smallest absolute Gasteiger partial charge is 0.233 e. The molecule has 2 heterocycles. The molecule has 0 spiro atoms. The highest BCUT2D eigenvalue weighted by atomic mass is 35.5. The highest BCUT2D eigenvalue weighted by molar-refractivity contribution is 8.00. The van der Waals surface area contributed by atoms with Crippen LogP contribution >= 0.6 is 35.1 Å². The zero-order valence-electron chi connectivity index (χ0n) is 15.0. The molecule has 0 aliphatic carbocycles. The fraction of sp³-hybridized carbons (Fsp3) is 0.421. The van der Waals surface area contributed by atoms with E-state index in [-0.39, 0.29) is 11.3 Å². The highest BCUT2D eigenvalue weighted by Crippen LogP contribution is 2.41. The lowest BCUT2D eigenvalue weighted by molar-refractivity contribution is -0.127. The number of nitrogens with zero attached hydrogens (tertiary/aromatic N) is 2. The van der Waals surface area contributed by atoms with Gasteiger partial charge < -0.3 is 14.2 Å². The van der Waals surface area contributed by atoms with Crippen LogP contribution in [0.3, 0.4) is 0 Å². The molecule has 26 heavy (non-hydrogen) atoms. The van der Waals surface area contributed by atoms with Crippen LogP contribution in [0.5, 0.6) is 0 Å². The first-order chi connectivity index (χ1) is 12.5. The summed E-state index contributed by atoms with van der Waals surface area (Å²) in [6, 6.07) is 11.9. The van der Waals surface area contributed by atoms with Crippen molar-refractivity contribution in [3.05, 3.63) is 58.5 Å². The quantitative estimate of drug-likeness (QED) is 0.599. The van der Waals surface area contributed by atoms with Gasteiger partial charge in [-0.15, -0.1) is 11.8 Å². The summed E-state index contributed by atoms with van der Waals surface area (Å²) in [6.07, 6.45) is 0. The van der Waals surface area contributed by atoms with Crippen LogP contribution in [0.4, 0.5) is 0 Å². The Morgan fingerprint density at radius 2 is 2.04 bits per heavy atom. The molecule has 1 aromatic carbocycles. The van der Waals surface area contributed by atoms with Crippen LogP contribution in [-0.2, 0) is 17.1 Å². The second-order valence-electron chi connectivity index (χ2n) is 6.43. The van der Waals surface area contributed by atoms with Crippen molar-refractivity contribution in [3.8, 4) is 0 Å². The molecule has 0 radical (unpaired) electrons. The average Bonchev–Trinajstić information content (AvgIpc) is 3.18. The Bertz CT molecular complexity index is 751. The molecule has 0 bridgehead atoms. The first-order valence-corrected chi connectivity index (χ1v) is 11.1. The van der Waals surface area contributed by atoms with Gasteiger partial charge in [-0.05, 0) is 32.3 Å².